The van der Waals surface area contributed by atoms with Crippen LogP contribution in [-0.4, -0.2) is 13.6 Å². The van der Waals surface area contributed by atoms with E-state index in [9.17, 15) is 8.42 Å². The minimum absolute atomic E-state index is 0.137. The number of rotatable bonds is 5. The van der Waals surface area contributed by atoms with Gasteiger partial charge in [0.1, 0.15) is 11.4 Å². The molecule has 0 unspecified atom stereocenters. The lowest BCUT2D eigenvalue weighted by molar-refractivity contribution is 0.448. The molecule has 0 fully saturated rings. The standard InChI is InChI=1S/C15H13ClN2O3S/c16-13-7-3-1-5-11(13)9-17-22(19,20)10-14-12-6-2-4-8-15(12)21-18-14/h1-8,17H,9-10H2. The van der Waals surface area contributed by atoms with Crippen LogP contribution >= 0.6 is 11.6 Å². The second-order valence-corrected chi connectivity index (χ2v) is 7.01. The second kappa shape index (κ2) is 6.08. The number of hydrogen-bond donors (Lipinski definition) is 1. The lowest BCUT2D eigenvalue weighted by Gasteiger charge is -2.07. The molecule has 0 bridgehead atoms. The molecule has 0 amide bonds. The number of para-hydroxylation sites is 1. The molecule has 5 nitrogen and oxygen atoms in total. The van der Waals surface area contributed by atoms with Gasteiger partial charge in [0.05, 0.1) is 0 Å². The van der Waals surface area contributed by atoms with E-state index in [1.807, 2.05) is 6.07 Å². The lowest BCUT2D eigenvalue weighted by Crippen LogP contribution is -2.25. The highest BCUT2D eigenvalue weighted by molar-refractivity contribution is 7.88. The zero-order chi connectivity index (χ0) is 15.6. The maximum absolute atomic E-state index is 12.2. The van der Waals surface area contributed by atoms with Gasteiger partial charge in [-0.15, -0.1) is 0 Å². The Labute approximate surface area is 132 Å². The van der Waals surface area contributed by atoms with Crippen LogP contribution in [0.1, 0.15) is 11.3 Å². The van der Waals surface area contributed by atoms with Crippen molar-refractivity contribution in [2.24, 2.45) is 0 Å². The van der Waals surface area contributed by atoms with Gasteiger partial charge in [-0.25, -0.2) is 13.1 Å². The largest absolute Gasteiger partial charge is 0.356 e. The highest BCUT2D eigenvalue weighted by Crippen LogP contribution is 2.20. The average Bonchev–Trinajstić information content (AvgIpc) is 2.89. The van der Waals surface area contributed by atoms with Crippen molar-refractivity contribution < 1.29 is 12.9 Å². The molecule has 7 heteroatoms. The van der Waals surface area contributed by atoms with Crippen molar-refractivity contribution in [2.45, 2.75) is 12.3 Å². The molecule has 1 aromatic heterocycles. The highest BCUT2D eigenvalue weighted by Gasteiger charge is 2.17. The quantitative estimate of drug-likeness (QED) is 0.777. The summed E-state index contributed by atoms with van der Waals surface area (Å²) < 4.78 is 32.0. The molecule has 1 N–H and O–H groups in total. The Bertz CT molecular complexity index is 906. The van der Waals surface area contributed by atoms with Gasteiger partial charge in [0, 0.05) is 17.0 Å². The number of halogens is 1. The van der Waals surface area contributed by atoms with E-state index in [4.69, 9.17) is 16.1 Å². The third kappa shape index (κ3) is 3.30. The van der Waals surface area contributed by atoms with E-state index in [0.717, 1.165) is 5.56 Å². The highest BCUT2D eigenvalue weighted by atomic mass is 35.5. The van der Waals surface area contributed by atoms with Crippen LogP contribution in [0, 0.1) is 0 Å². The predicted octanol–water partition coefficient (Wildman–Crippen LogP) is 3.10. The molecule has 0 aliphatic rings. The normalized spacial score (nSPS) is 11.9. The van der Waals surface area contributed by atoms with Crippen LogP contribution in [0.2, 0.25) is 5.02 Å². The van der Waals surface area contributed by atoms with Gasteiger partial charge in [-0.05, 0) is 23.8 Å². The molecule has 0 saturated carbocycles. The first kappa shape index (κ1) is 15.0. The zero-order valence-electron chi connectivity index (χ0n) is 11.5. The molecule has 0 saturated heterocycles. The Balaban J connectivity index is 1.75. The maximum atomic E-state index is 12.2. The zero-order valence-corrected chi connectivity index (χ0v) is 13.1. The van der Waals surface area contributed by atoms with E-state index < -0.39 is 10.0 Å². The molecule has 1 heterocycles. The summed E-state index contributed by atoms with van der Waals surface area (Å²) in [4.78, 5) is 0. The topological polar surface area (TPSA) is 72.2 Å². The number of sulfonamides is 1. The van der Waals surface area contributed by atoms with Gasteiger partial charge < -0.3 is 4.52 Å². The van der Waals surface area contributed by atoms with E-state index >= 15 is 0 Å². The van der Waals surface area contributed by atoms with Crippen LogP contribution in [0.4, 0.5) is 0 Å². The van der Waals surface area contributed by atoms with Crippen LogP contribution in [-0.2, 0) is 22.3 Å². The molecule has 3 rings (SSSR count). The van der Waals surface area contributed by atoms with Crippen LogP contribution < -0.4 is 4.72 Å². The van der Waals surface area contributed by atoms with Crippen LogP contribution in [0.5, 0.6) is 0 Å². The Hall–Kier alpha value is -1.89. The summed E-state index contributed by atoms with van der Waals surface area (Å²) >= 11 is 6.01. The van der Waals surface area contributed by atoms with Crippen LogP contribution in [0.3, 0.4) is 0 Å². The smallest absolute Gasteiger partial charge is 0.217 e. The fourth-order valence-electron chi connectivity index (χ4n) is 2.10. The number of nitrogens with one attached hydrogen (secondary N) is 1. The van der Waals surface area contributed by atoms with Gasteiger partial charge in [-0.3, -0.25) is 0 Å². The minimum Gasteiger partial charge on any atom is -0.356 e. The first-order valence-corrected chi connectivity index (χ1v) is 8.62. The summed E-state index contributed by atoms with van der Waals surface area (Å²) in [5, 5.41) is 5.06. The first-order valence-electron chi connectivity index (χ1n) is 6.59. The van der Waals surface area contributed by atoms with Crippen molar-refractivity contribution in [3.63, 3.8) is 0 Å². The van der Waals surface area contributed by atoms with Crippen molar-refractivity contribution in [1.29, 1.82) is 0 Å². The minimum atomic E-state index is -3.54. The monoisotopic (exact) mass is 336 g/mol. The third-order valence-electron chi connectivity index (χ3n) is 3.22. The molecule has 0 aliphatic carbocycles. The van der Waals surface area contributed by atoms with Gasteiger partial charge in [0.15, 0.2) is 5.58 Å². The van der Waals surface area contributed by atoms with Gasteiger partial charge in [-0.1, -0.05) is 47.1 Å². The Morgan fingerprint density at radius 3 is 2.64 bits per heavy atom. The maximum Gasteiger partial charge on any atom is 0.217 e. The molecule has 0 atom stereocenters. The van der Waals surface area contributed by atoms with E-state index in [-0.39, 0.29) is 12.3 Å². The molecule has 3 aromatic rings. The van der Waals surface area contributed by atoms with Crippen molar-refractivity contribution in [3.8, 4) is 0 Å². The van der Waals surface area contributed by atoms with Gasteiger partial charge >= 0.3 is 0 Å². The first-order chi connectivity index (χ1) is 10.6. The predicted molar refractivity (Wildman–Crippen MR) is 84.9 cm³/mol. The van der Waals surface area contributed by atoms with E-state index in [0.29, 0.717) is 21.7 Å². The summed E-state index contributed by atoms with van der Waals surface area (Å²) in [6, 6.07) is 14.2. The van der Waals surface area contributed by atoms with Crippen LogP contribution in [0.15, 0.2) is 53.1 Å². The molecule has 2 aromatic carbocycles. The molecule has 0 radical (unpaired) electrons. The summed E-state index contributed by atoms with van der Waals surface area (Å²) in [7, 11) is -3.54. The summed E-state index contributed by atoms with van der Waals surface area (Å²) in [5.74, 6) is -0.242. The number of fused-ring (bicyclic) bond motifs is 1. The van der Waals surface area contributed by atoms with Gasteiger partial charge in [0.2, 0.25) is 10.0 Å². The van der Waals surface area contributed by atoms with Crippen molar-refractivity contribution in [1.82, 2.24) is 9.88 Å². The second-order valence-electron chi connectivity index (χ2n) is 4.80. The SMILES string of the molecule is O=S(=O)(Cc1noc2ccccc12)NCc1ccccc1Cl. The summed E-state index contributed by atoms with van der Waals surface area (Å²) in [6.07, 6.45) is 0. The molecular formula is C15H13ClN2O3S. The fourth-order valence-corrected chi connectivity index (χ4v) is 3.35. The summed E-state index contributed by atoms with van der Waals surface area (Å²) in [5.41, 5.74) is 1.68. The Morgan fingerprint density at radius 1 is 1.09 bits per heavy atom. The summed E-state index contributed by atoms with van der Waals surface area (Å²) in [6.45, 7) is 0.137. The lowest BCUT2D eigenvalue weighted by atomic mass is 10.2. The van der Waals surface area contributed by atoms with Crippen molar-refractivity contribution in [3.05, 3.63) is 64.8 Å². The van der Waals surface area contributed by atoms with Gasteiger partial charge in [-0.2, -0.15) is 0 Å². The van der Waals surface area contributed by atoms with Crippen molar-refractivity contribution in [2.75, 3.05) is 0 Å². The molecule has 114 valence electrons. The number of hydrogen-bond acceptors (Lipinski definition) is 4. The number of benzene rings is 2. The van der Waals surface area contributed by atoms with E-state index in [1.165, 1.54) is 0 Å². The van der Waals surface area contributed by atoms with Crippen molar-refractivity contribution >= 4 is 32.6 Å². The van der Waals surface area contributed by atoms with Gasteiger partial charge in [0.25, 0.3) is 0 Å². The third-order valence-corrected chi connectivity index (χ3v) is 4.83. The molecular weight excluding hydrogens is 324 g/mol. The average molecular weight is 337 g/mol. The molecule has 0 aliphatic heterocycles. The Morgan fingerprint density at radius 2 is 1.82 bits per heavy atom. The Kier molecular flexibility index (Phi) is 4.15. The van der Waals surface area contributed by atoms with Crippen LogP contribution in [0.25, 0.3) is 11.0 Å². The van der Waals surface area contributed by atoms with E-state index in [1.54, 1.807) is 42.5 Å². The number of aromatic nitrogens is 1. The molecule has 22 heavy (non-hydrogen) atoms. The number of nitrogens with zero attached hydrogens (tertiary/aromatic N) is 1. The fraction of sp³-hybridized carbons (Fsp3) is 0.133. The van der Waals surface area contributed by atoms with E-state index in [2.05, 4.69) is 9.88 Å². The molecule has 0 spiro atoms.